The summed E-state index contributed by atoms with van der Waals surface area (Å²) in [6.07, 6.45) is 0.679. The first kappa shape index (κ1) is 14.2. The van der Waals surface area contributed by atoms with E-state index in [-0.39, 0.29) is 30.9 Å². The molecule has 0 aliphatic carbocycles. The lowest BCUT2D eigenvalue weighted by atomic mass is 10.1. The van der Waals surface area contributed by atoms with Crippen molar-refractivity contribution in [2.45, 2.75) is 26.4 Å². The molecule has 18 heavy (non-hydrogen) atoms. The SMILES string of the molecule is COC(=O)CC[C@H](C)C(=O)OCc1ccccc1. The highest BCUT2D eigenvalue weighted by Gasteiger charge is 2.16. The van der Waals surface area contributed by atoms with Crippen LogP contribution in [0.3, 0.4) is 0 Å². The second-order valence-electron chi connectivity index (χ2n) is 4.11. The Labute approximate surface area is 107 Å². The van der Waals surface area contributed by atoms with Crippen LogP contribution >= 0.6 is 0 Å². The number of benzene rings is 1. The van der Waals surface area contributed by atoms with Crippen molar-refractivity contribution in [1.29, 1.82) is 0 Å². The maximum atomic E-state index is 11.6. The van der Waals surface area contributed by atoms with Gasteiger partial charge in [-0.3, -0.25) is 9.59 Å². The minimum Gasteiger partial charge on any atom is -0.469 e. The third kappa shape index (κ3) is 4.99. The molecule has 1 atom stereocenters. The zero-order chi connectivity index (χ0) is 13.4. The monoisotopic (exact) mass is 250 g/mol. The summed E-state index contributed by atoms with van der Waals surface area (Å²) in [6, 6.07) is 9.48. The third-order valence-corrected chi connectivity index (χ3v) is 2.64. The van der Waals surface area contributed by atoms with E-state index in [1.165, 1.54) is 7.11 Å². The predicted molar refractivity (Wildman–Crippen MR) is 66.7 cm³/mol. The lowest BCUT2D eigenvalue weighted by molar-refractivity contribution is -0.150. The Balaban J connectivity index is 2.30. The first-order chi connectivity index (χ1) is 8.63. The van der Waals surface area contributed by atoms with Gasteiger partial charge in [0.05, 0.1) is 13.0 Å². The van der Waals surface area contributed by atoms with Crippen LogP contribution in [0.4, 0.5) is 0 Å². The molecule has 0 aromatic heterocycles. The molecule has 0 fully saturated rings. The van der Waals surface area contributed by atoms with Gasteiger partial charge in [0.25, 0.3) is 0 Å². The van der Waals surface area contributed by atoms with E-state index in [9.17, 15) is 9.59 Å². The van der Waals surface area contributed by atoms with Crippen LogP contribution in [0.1, 0.15) is 25.3 Å². The van der Waals surface area contributed by atoms with E-state index < -0.39 is 0 Å². The molecule has 0 N–H and O–H groups in total. The molecule has 1 aromatic carbocycles. The molecular formula is C14H18O4. The van der Waals surface area contributed by atoms with Crippen LogP contribution in [0.5, 0.6) is 0 Å². The van der Waals surface area contributed by atoms with E-state index >= 15 is 0 Å². The van der Waals surface area contributed by atoms with Gasteiger partial charge in [0.15, 0.2) is 0 Å². The number of esters is 2. The van der Waals surface area contributed by atoms with E-state index in [2.05, 4.69) is 4.74 Å². The zero-order valence-corrected chi connectivity index (χ0v) is 10.7. The summed E-state index contributed by atoms with van der Waals surface area (Å²) in [5.41, 5.74) is 0.950. The van der Waals surface area contributed by atoms with Crippen LogP contribution in [0, 0.1) is 5.92 Å². The topological polar surface area (TPSA) is 52.6 Å². The maximum Gasteiger partial charge on any atom is 0.308 e. The molecule has 1 rings (SSSR count). The van der Waals surface area contributed by atoms with Crippen molar-refractivity contribution < 1.29 is 19.1 Å². The summed E-state index contributed by atoms with van der Waals surface area (Å²) in [5, 5.41) is 0. The molecular weight excluding hydrogens is 232 g/mol. The summed E-state index contributed by atoms with van der Waals surface area (Å²) >= 11 is 0. The Hall–Kier alpha value is -1.84. The third-order valence-electron chi connectivity index (χ3n) is 2.64. The van der Waals surface area contributed by atoms with E-state index in [1.54, 1.807) is 6.92 Å². The van der Waals surface area contributed by atoms with Crippen LogP contribution in [-0.4, -0.2) is 19.0 Å². The van der Waals surface area contributed by atoms with Crippen LogP contribution in [0.25, 0.3) is 0 Å². The van der Waals surface area contributed by atoms with Gasteiger partial charge in [-0.15, -0.1) is 0 Å². The van der Waals surface area contributed by atoms with Crippen LogP contribution in [-0.2, 0) is 25.7 Å². The van der Waals surface area contributed by atoms with Crippen molar-refractivity contribution >= 4 is 11.9 Å². The number of ether oxygens (including phenoxy) is 2. The van der Waals surface area contributed by atoms with Crippen LogP contribution in [0.2, 0.25) is 0 Å². The molecule has 0 aliphatic rings. The first-order valence-corrected chi connectivity index (χ1v) is 5.91. The summed E-state index contributed by atoms with van der Waals surface area (Å²) in [5.74, 6) is -0.895. The van der Waals surface area contributed by atoms with Gasteiger partial charge < -0.3 is 9.47 Å². The van der Waals surface area contributed by atoms with Crippen molar-refractivity contribution in [3.8, 4) is 0 Å². The molecule has 0 saturated carbocycles. The van der Waals surface area contributed by atoms with Gasteiger partial charge in [0.1, 0.15) is 6.61 Å². The smallest absolute Gasteiger partial charge is 0.308 e. The fourth-order valence-electron chi connectivity index (χ4n) is 1.43. The van der Waals surface area contributed by atoms with Crippen LogP contribution < -0.4 is 0 Å². The summed E-state index contributed by atoms with van der Waals surface area (Å²) in [6.45, 7) is 2.01. The highest BCUT2D eigenvalue weighted by atomic mass is 16.5. The summed E-state index contributed by atoms with van der Waals surface area (Å²) in [4.78, 5) is 22.6. The number of carbonyl (C=O) groups excluding carboxylic acids is 2. The van der Waals surface area contributed by atoms with E-state index in [0.717, 1.165) is 5.56 Å². The highest BCUT2D eigenvalue weighted by Crippen LogP contribution is 2.10. The number of methoxy groups -OCH3 is 1. The molecule has 0 unspecified atom stereocenters. The summed E-state index contributed by atoms with van der Waals surface area (Å²) < 4.78 is 9.68. The molecule has 98 valence electrons. The first-order valence-electron chi connectivity index (χ1n) is 5.91. The number of carbonyl (C=O) groups is 2. The average molecular weight is 250 g/mol. The van der Waals surface area contributed by atoms with Crippen LogP contribution in [0.15, 0.2) is 30.3 Å². The normalized spacial score (nSPS) is 11.7. The zero-order valence-electron chi connectivity index (χ0n) is 10.7. The van der Waals surface area contributed by atoms with Crippen molar-refractivity contribution in [1.82, 2.24) is 0 Å². The quantitative estimate of drug-likeness (QED) is 0.727. The Morgan fingerprint density at radius 2 is 1.89 bits per heavy atom. The number of hydrogen-bond donors (Lipinski definition) is 0. The average Bonchev–Trinajstić information content (AvgIpc) is 2.42. The Kier molecular flexibility index (Phi) is 5.91. The van der Waals surface area contributed by atoms with Crippen molar-refractivity contribution in [2.75, 3.05) is 7.11 Å². The van der Waals surface area contributed by atoms with Crippen molar-refractivity contribution in [2.24, 2.45) is 5.92 Å². The van der Waals surface area contributed by atoms with Gasteiger partial charge in [0, 0.05) is 6.42 Å². The minimum atomic E-state index is -0.308. The Morgan fingerprint density at radius 1 is 1.22 bits per heavy atom. The van der Waals surface area contributed by atoms with Crippen molar-refractivity contribution in [3.63, 3.8) is 0 Å². The van der Waals surface area contributed by atoms with Gasteiger partial charge in [0.2, 0.25) is 0 Å². The van der Waals surface area contributed by atoms with Gasteiger partial charge in [-0.1, -0.05) is 37.3 Å². The van der Waals surface area contributed by atoms with Crippen molar-refractivity contribution in [3.05, 3.63) is 35.9 Å². The lowest BCUT2D eigenvalue weighted by Crippen LogP contribution is -2.16. The molecule has 0 bridgehead atoms. The molecule has 0 saturated heterocycles. The molecule has 4 heteroatoms. The van der Waals surface area contributed by atoms with Gasteiger partial charge in [-0.05, 0) is 12.0 Å². The molecule has 0 heterocycles. The molecule has 0 amide bonds. The van der Waals surface area contributed by atoms with Gasteiger partial charge in [-0.2, -0.15) is 0 Å². The molecule has 0 radical (unpaired) electrons. The van der Waals surface area contributed by atoms with Gasteiger partial charge in [-0.25, -0.2) is 0 Å². The van der Waals surface area contributed by atoms with Gasteiger partial charge >= 0.3 is 11.9 Å². The Morgan fingerprint density at radius 3 is 2.50 bits per heavy atom. The van der Waals surface area contributed by atoms with E-state index in [1.807, 2.05) is 30.3 Å². The molecule has 0 spiro atoms. The van der Waals surface area contributed by atoms with E-state index in [4.69, 9.17) is 4.74 Å². The predicted octanol–water partition coefficient (Wildman–Crippen LogP) is 2.32. The Bertz CT molecular complexity index is 386. The maximum absolute atomic E-state index is 11.6. The lowest BCUT2D eigenvalue weighted by Gasteiger charge is -2.10. The second-order valence-corrected chi connectivity index (χ2v) is 4.11. The molecule has 0 aliphatic heterocycles. The number of rotatable bonds is 6. The molecule has 1 aromatic rings. The number of hydrogen-bond acceptors (Lipinski definition) is 4. The fourth-order valence-corrected chi connectivity index (χ4v) is 1.43. The minimum absolute atomic E-state index is 0.234. The summed E-state index contributed by atoms with van der Waals surface area (Å²) in [7, 11) is 1.33. The highest BCUT2D eigenvalue weighted by molar-refractivity contribution is 5.74. The second kappa shape index (κ2) is 7.48. The molecule has 4 nitrogen and oxygen atoms in total. The largest absolute Gasteiger partial charge is 0.469 e. The standard InChI is InChI=1S/C14H18O4/c1-11(8-9-13(15)17-2)14(16)18-10-12-6-4-3-5-7-12/h3-7,11H,8-10H2,1-2H3/t11-/m0/s1. The fraction of sp³-hybridized carbons (Fsp3) is 0.429. The van der Waals surface area contributed by atoms with E-state index in [0.29, 0.717) is 6.42 Å².